The second kappa shape index (κ2) is 6.80. The molecule has 1 atom stereocenters. The molecule has 0 amide bonds. The molecule has 0 bridgehead atoms. The van der Waals surface area contributed by atoms with Crippen LogP contribution in [0.5, 0.6) is 0 Å². The van der Waals surface area contributed by atoms with Crippen molar-refractivity contribution in [3.05, 3.63) is 30.1 Å². The van der Waals surface area contributed by atoms with Crippen LogP contribution in [0.15, 0.2) is 24.3 Å². The van der Waals surface area contributed by atoms with Gasteiger partial charge in [0.2, 0.25) is 0 Å². The largest absolute Gasteiger partial charge is 0.325 e. The molecule has 0 saturated carbocycles. The zero-order valence-corrected chi connectivity index (χ0v) is 14.4. The van der Waals surface area contributed by atoms with Crippen molar-refractivity contribution in [1.82, 2.24) is 14.5 Å². The maximum absolute atomic E-state index is 6.32. The van der Waals surface area contributed by atoms with E-state index < -0.39 is 0 Å². The van der Waals surface area contributed by atoms with E-state index in [2.05, 4.69) is 55.4 Å². The molecule has 1 aromatic heterocycles. The maximum Gasteiger partial charge on any atom is 0.127 e. The Balaban J connectivity index is 2.30. The monoisotopic (exact) mass is 307 g/mol. The molecule has 2 rings (SSSR count). The van der Waals surface area contributed by atoms with E-state index in [1.54, 1.807) is 0 Å². The molecule has 1 unspecified atom stereocenters. The van der Waals surface area contributed by atoms with Crippen LogP contribution in [0.2, 0.25) is 0 Å². The van der Waals surface area contributed by atoms with Gasteiger partial charge in [0.05, 0.1) is 16.4 Å². The summed E-state index contributed by atoms with van der Waals surface area (Å²) in [6, 6.07) is 9.34. The predicted molar refractivity (Wildman–Crippen MR) is 91.0 cm³/mol. The van der Waals surface area contributed by atoms with Crippen molar-refractivity contribution in [2.45, 2.75) is 58.6 Å². The van der Waals surface area contributed by atoms with Gasteiger partial charge >= 0.3 is 0 Å². The Kier molecular flexibility index (Phi) is 5.28. The minimum absolute atomic E-state index is 0.0797. The summed E-state index contributed by atoms with van der Waals surface area (Å²) in [5.74, 6) is 0.963. The molecule has 0 radical (unpaired) electrons. The molecular weight excluding hydrogens is 282 g/mol. The van der Waals surface area contributed by atoms with Crippen molar-refractivity contribution in [2.75, 3.05) is 6.54 Å². The highest BCUT2D eigenvalue weighted by atomic mass is 35.5. The van der Waals surface area contributed by atoms with Gasteiger partial charge < -0.3 is 4.57 Å². The molecular formula is C17H26ClN3. The minimum atomic E-state index is -0.0797. The lowest BCUT2D eigenvalue weighted by Gasteiger charge is -2.31. The van der Waals surface area contributed by atoms with Gasteiger partial charge in [0.1, 0.15) is 5.82 Å². The Morgan fingerprint density at radius 3 is 2.29 bits per heavy atom. The summed E-state index contributed by atoms with van der Waals surface area (Å²) in [6.45, 7) is 12.9. The summed E-state index contributed by atoms with van der Waals surface area (Å²) < 4.78 is 2.27. The molecule has 0 fully saturated rings. The Labute approximate surface area is 132 Å². The number of para-hydroxylation sites is 2. The van der Waals surface area contributed by atoms with Crippen LogP contribution in [0.1, 0.15) is 45.8 Å². The van der Waals surface area contributed by atoms with Gasteiger partial charge in [-0.1, -0.05) is 12.1 Å². The first-order chi connectivity index (χ1) is 9.91. The highest BCUT2D eigenvalue weighted by Gasteiger charge is 2.17. The van der Waals surface area contributed by atoms with Gasteiger partial charge in [0.15, 0.2) is 0 Å². The first-order valence-electron chi connectivity index (χ1n) is 7.76. The molecule has 1 aromatic carbocycles. The molecule has 0 spiro atoms. The summed E-state index contributed by atoms with van der Waals surface area (Å²) in [5.41, 5.74) is 2.20. The van der Waals surface area contributed by atoms with E-state index in [4.69, 9.17) is 16.6 Å². The first-order valence-corrected chi connectivity index (χ1v) is 8.20. The number of fused-ring (bicyclic) bond motifs is 1. The van der Waals surface area contributed by atoms with E-state index in [0.717, 1.165) is 24.4 Å². The second-order valence-electron chi connectivity index (χ2n) is 6.15. The topological polar surface area (TPSA) is 21.1 Å². The van der Waals surface area contributed by atoms with E-state index in [0.29, 0.717) is 12.1 Å². The molecule has 21 heavy (non-hydrogen) atoms. The Bertz CT molecular complexity index is 579. The third kappa shape index (κ3) is 3.58. The Morgan fingerprint density at radius 2 is 1.71 bits per heavy atom. The normalized spacial score (nSPS) is 13.8. The lowest BCUT2D eigenvalue weighted by Crippen LogP contribution is -2.39. The van der Waals surface area contributed by atoms with Gasteiger partial charge in [-0.3, -0.25) is 4.90 Å². The number of nitrogens with zero attached hydrogens (tertiary/aromatic N) is 3. The number of imidazole rings is 1. The zero-order valence-electron chi connectivity index (χ0n) is 13.7. The summed E-state index contributed by atoms with van der Waals surface area (Å²) in [7, 11) is 0. The number of alkyl halides is 1. The summed E-state index contributed by atoms with van der Waals surface area (Å²) in [6.07, 6.45) is 0. The fourth-order valence-electron chi connectivity index (χ4n) is 2.96. The van der Waals surface area contributed by atoms with Gasteiger partial charge in [-0.05, 0) is 46.8 Å². The molecule has 2 aromatic rings. The van der Waals surface area contributed by atoms with Crippen LogP contribution in [0.3, 0.4) is 0 Å². The van der Waals surface area contributed by atoms with Crippen molar-refractivity contribution in [2.24, 2.45) is 0 Å². The van der Waals surface area contributed by atoms with Gasteiger partial charge in [-0.15, -0.1) is 11.6 Å². The molecule has 0 aliphatic heterocycles. The number of hydrogen-bond acceptors (Lipinski definition) is 2. The second-order valence-corrected chi connectivity index (χ2v) is 6.81. The summed E-state index contributed by atoms with van der Waals surface area (Å²) in [5, 5.41) is -0.0797. The quantitative estimate of drug-likeness (QED) is 0.735. The summed E-state index contributed by atoms with van der Waals surface area (Å²) >= 11 is 6.32. The average Bonchev–Trinajstić information content (AvgIpc) is 2.77. The van der Waals surface area contributed by atoms with Crippen LogP contribution >= 0.6 is 11.6 Å². The lowest BCUT2D eigenvalue weighted by molar-refractivity contribution is 0.168. The van der Waals surface area contributed by atoms with E-state index in [1.807, 2.05) is 13.0 Å². The SMILES string of the molecule is CC(Cl)c1nc2ccccc2n1CCN(C(C)C)C(C)C. The number of aromatic nitrogens is 2. The van der Waals surface area contributed by atoms with E-state index in [9.17, 15) is 0 Å². The lowest BCUT2D eigenvalue weighted by atomic mass is 10.2. The highest BCUT2D eigenvalue weighted by Crippen LogP contribution is 2.24. The standard InChI is InChI=1S/C17H26ClN3/c1-12(2)20(13(3)4)10-11-21-16-9-7-6-8-15(16)19-17(21)14(5)18/h6-9,12-14H,10-11H2,1-5H3. The zero-order chi connectivity index (χ0) is 15.6. The Morgan fingerprint density at radius 1 is 1.10 bits per heavy atom. The number of hydrogen-bond donors (Lipinski definition) is 0. The highest BCUT2D eigenvalue weighted by molar-refractivity contribution is 6.20. The molecule has 0 N–H and O–H groups in total. The fourth-order valence-corrected chi connectivity index (χ4v) is 3.13. The summed E-state index contributed by atoms with van der Waals surface area (Å²) in [4.78, 5) is 7.19. The predicted octanol–water partition coefficient (Wildman–Crippen LogP) is 4.45. The van der Waals surface area contributed by atoms with Crippen LogP contribution in [0, 0.1) is 0 Å². The van der Waals surface area contributed by atoms with Gasteiger partial charge in [-0.2, -0.15) is 0 Å². The van der Waals surface area contributed by atoms with Gasteiger partial charge in [0.25, 0.3) is 0 Å². The van der Waals surface area contributed by atoms with Gasteiger partial charge in [-0.25, -0.2) is 4.98 Å². The molecule has 116 valence electrons. The van der Waals surface area contributed by atoms with Crippen LogP contribution < -0.4 is 0 Å². The first kappa shape index (κ1) is 16.3. The van der Waals surface area contributed by atoms with E-state index >= 15 is 0 Å². The van der Waals surface area contributed by atoms with Crippen molar-refractivity contribution < 1.29 is 0 Å². The van der Waals surface area contributed by atoms with Crippen molar-refractivity contribution >= 4 is 22.6 Å². The molecule has 0 aliphatic rings. The van der Waals surface area contributed by atoms with Crippen molar-refractivity contribution in [3.8, 4) is 0 Å². The number of rotatable bonds is 6. The third-order valence-electron chi connectivity index (χ3n) is 3.95. The maximum atomic E-state index is 6.32. The van der Waals surface area contributed by atoms with Crippen LogP contribution in [0.4, 0.5) is 0 Å². The van der Waals surface area contributed by atoms with E-state index in [-0.39, 0.29) is 5.38 Å². The van der Waals surface area contributed by atoms with Crippen molar-refractivity contribution in [3.63, 3.8) is 0 Å². The smallest absolute Gasteiger partial charge is 0.127 e. The number of benzene rings is 1. The third-order valence-corrected chi connectivity index (χ3v) is 4.14. The average molecular weight is 308 g/mol. The van der Waals surface area contributed by atoms with Crippen molar-refractivity contribution in [1.29, 1.82) is 0 Å². The molecule has 1 heterocycles. The molecule has 3 nitrogen and oxygen atoms in total. The van der Waals surface area contributed by atoms with Crippen LogP contribution in [0.25, 0.3) is 11.0 Å². The fraction of sp³-hybridized carbons (Fsp3) is 0.588. The van der Waals surface area contributed by atoms with Gasteiger partial charge in [0, 0.05) is 25.2 Å². The minimum Gasteiger partial charge on any atom is -0.325 e. The molecule has 4 heteroatoms. The van der Waals surface area contributed by atoms with Crippen LogP contribution in [-0.4, -0.2) is 33.1 Å². The number of halogens is 1. The van der Waals surface area contributed by atoms with E-state index in [1.165, 1.54) is 5.52 Å². The molecule has 0 aliphatic carbocycles. The molecule has 0 saturated heterocycles. The Hall–Kier alpha value is -1.06. The van der Waals surface area contributed by atoms with Crippen LogP contribution in [-0.2, 0) is 6.54 Å².